The summed E-state index contributed by atoms with van der Waals surface area (Å²) in [4.78, 5) is 0. The van der Waals surface area contributed by atoms with E-state index in [1.54, 1.807) is 0 Å². The van der Waals surface area contributed by atoms with Gasteiger partial charge in [-0.05, 0) is 207 Å². The summed E-state index contributed by atoms with van der Waals surface area (Å²) in [5, 5.41) is 5.86. The molecular weight excluding hydrogens is 408 g/mol. The summed E-state index contributed by atoms with van der Waals surface area (Å²) >= 11 is 0. The molecule has 0 saturated carbocycles. The molecule has 0 fully saturated rings. The predicted octanol–water partition coefficient (Wildman–Crippen LogP) is 9.98. The number of hydrogen-bond donors (Lipinski definition) is 0. The zero-order valence-electron chi connectivity index (χ0n) is 24.0. The minimum absolute atomic E-state index is 1.43. The Hall–Kier alpha value is -2.60. The monoisotopic (exact) mass is 450 g/mol. The Balaban J connectivity index is 2.35. The predicted molar refractivity (Wildman–Crippen MR) is 153 cm³/mol. The average Bonchev–Trinajstić information content (AvgIpc) is 2.80. The van der Waals surface area contributed by atoms with Gasteiger partial charge in [-0.3, -0.25) is 0 Å². The van der Waals surface area contributed by atoms with Crippen LogP contribution in [0.1, 0.15) is 77.9 Å². The van der Waals surface area contributed by atoms with Crippen LogP contribution in [0.5, 0.6) is 0 Å². The molecule has 4 rings (SSSR count). The fourth-order valence-electron chi connectivity index (χ4n) is 6.84. The van der Waals surface area contributed by atoms with Crippen LogP contribution in [0, 0.1) is 96.9 Å². The molecule has 0 aromatic heterocycles. The molecular formula is C34H42. The second kappa shape index (κ2) is 7.98. The van der Waals surface area contributed by atoms with Gasteiger partial charge in [0.15, 0.2) is 0 Å². The second-order valence-corrected chi connectivity index (χ2v) is 11.0. The van der Waals surface area contributed by atoms with Crippen molar-refractivity contribution in [1.82, 2.24) is 0 Å². The molecule has 0 heteroatoms. The summed E-state index contributed by atoms with van der Waals surface area (Å²) in [6.45, 7) is 32.5. The zero-order chi connectivity index (χ0) is 25.5. The van der Waals surface area contributed by atoms with Crippen molar-refractivity contribution < 1.29 is 0 Å². The lowest BCUT2D eigenvalue weighted by Crippen LogP contribution is -2.06. The molecule has 0 aliphatic heterocycles. The summed E-state index contributed by atoms with van der Waals surface area (Å²) in [7, 11) is 0. The molecule has 4 aromatic carbocycles. The number of rotatable bonds is 1. The van der Waals surface area contributed by atoms with Crippen LogP contribution in [0.3, 0.4) is 0 Å². The van der Waals surface area contributed by atoms with Crippen molar-refractivity contribution in [2.75, 3.05) is 0 Å². The highest BCUT2D eigenvalue weighted by atomic mass is 14.3. The van der Waals surface area contributed by atoms with Crippen molar-refractivity contribution in [2.24, 2.45) is 0 Å². The van der Waals surface area contributed by atoms with Crippen molar-refractivity contribution in [3.8, 4) is 11.1 Å². The van der Waals surface area contributed by atoms with Gasteiger partial charge in [0, 0.05) is 0 Å². The minimum atomic E-state index is 1.43. The van der Waals surface area contributed by atoms with Crippen molar-refractivity contribution in [2.45, 2.75) is 96.9 Å². The highest BCUT2D eigenvalue weighted by Gasteiger charge is 2.24. The Morgan fingerprint density at radius 1 is 0.176 bits per heavy atom. The molecule has 0 spiro atoms. The Kier molecular flexibility index (Phi) is 5.75. The Labute approximate surface area is 207 Å². The van der Waals surface area contributed by atoms with Crippen molar-refractivity contribution >= 4 is 21.5 Å². The van der Waals surface area contributed by atoms with Gasteiger partial charge in [0.05, 0.1) is 0 Å². The van der Waals surface area contributed by atoms with Crippen molar-refractivity contribution in [3.05, 3.63) is 77.9 Å². The first-order valence-corrected chi connectivity index (χ1v) is 12.8. The minimum Gasteiger partial charge on any atom is -0.0447 e. The third kappa shape index (κ3) is 2.97. The van der Waals surface area contributed by atoms with Crippen LogP contribution in [0.15, 0.2) is 0 Å². The fraction of sp³-hybridized carbons (Fsp3) is 0.412. The highest BCUT2D eigenvalue weighted by Crippen LogP contribution is 2.46. The van der Waals surface area contributed by atoms with Crippen LogP contribution >= 0.6 is 0 Å². The quantitative estimate of drug-likeness (QED) is 0.253. The summed E-state index contributed by atoms with van der Waals surface area (Å²) in [6.07, 6.45) is 0. The van der Waals surface area contributed by atoms with Gasteiger partial charge in [-0.15, -0.1) is 0 Å². The summed E-state index contributed by atoms with van der Waals surface area (Å²) < 4.78 is 0. The Morgan fingerprint density at radius 3 is 0.765 bits per heavy atom. The lowest BCUT2D eigenvalue weighted by atomic mass is 9.77. The van der Waals surface area contributed by atoms with Gasteiger partial charge in [-0.2, -0.15) is 0 Å². The van der Waals surface area contributed by atoms with Crippen molar-refractivity contribution in [1.29, 1.82) is 0 Å². The molecule has 0 saturated heterocycles. The van der Waals surface area contributed by atoms with Gasteiger partial charge in [0.2, 0.25) is 0 Å². The van der Waals surface area contributed by atoms with E-state index in [9.17, 15) is 0 Å². The van der Waals surface area contributed by atoms with E-state index in [2.05, 4.69) is 96.9 Å². The maximum Gasteiger partial charge on any atom is -0.0107 e. The summed E-state index contributed by atoms with van der Waals surface area (Å²) in [5.74, 6) is 0. The van der Waals surface area contributed by atoms with E-state index < -0.39 is 0 Å². The second-order valence-electron chi connectivity index (χ2n) is 11.0. The van der Waals surface area contributed by atoms with E-state index in [1.807, 2.05) is 0 Å². The van der Waals surface area contributed by atoms with Gasteiger partial charge in [0.1, 0.15) is 0 Å². The summed E-state index contributed by atoms with van der Waals surface area (Å²) in [5.41, 5.74) is 23.0. The zero-order valence-corrected chi connectivity index (χ0v) is 24.0. The van der Waals surface area contributed by atoms with Crippen LogP contribution in [0.2, 0.25) is 0 Å². The molecule has 0 nitrogen and oxygen atoms in total. The molecule has 0 amide bonds. The number of benzene rings is 4. The molecule has 0 atom stereocenters. The van der Waals surface area contributed by atoms with E-state index in [1.165, 1.54) is 111 Å². The van der Waals surface area contributed by atoms with Crippen LogP contribution in [-0.2, 0) is 0 Å². The van der Waals surface area contributed by atoms with E-state index >= 15 is 0 Å². The van der Waals surface area contributed by atoms with Gasteiger partial charge >= 0.3 is 0 Å². The first-order chi connectivity index (χ1) is 15.7. The largest absolute Gasteiger partial charge is 0.0447 e. The molecule has 0 heterocycles. The number of aryl methyl sites for hydroxylation is 6. The first kappa shape index (κ1) is 24.5. The van der Waals surface area contributed by atoms with E-state index in [-0.39, 0.29) is 0 Å². The number of fused-ring (bicyclic) bond motifs is 2. The van der Waals surface area contributed by atoms with Gasteiger partial charge in [-0.1, -0.05) is 0 Å². The van der Waals surface area contributed by atoms with Crippen LogP contribution in [0.25, 0.3) is 32.7 Å². The maximum absolute atomic E-state index is 2.37. The van der Waals surface area contributed by atoms with Crippen molar-refractivity contribution in [3.63, 3.8) is 0 Å². The van der Waals surface area contributed by atoms with E-state index in [4.69, 9.17) is 0 Å². The molecule has 0 radical (unpaired) electrons. The van der Waals surface area contributed by atoms with Gasteiger partial charge in [0.25, 0.3) is 0 Å². The van der Waals surface area contributed by atoms with Crippen LogP contribution in [-0.4, -0.2) is 0 Å². The molecule has 0 N–H and O–H groups in total. The molecule has 0 unspecified atom stereocenters. The third-order valence-electron chi connectivity index (χ3n) is 9.75. The van der Waals surface area contributed by atoms with Gasteiger partial charge in [-0.25, -0.2) is 0 Å². The standard InChI is InChI=1S/C34H42/c1-15-16(2)20(6)29(21(7)17(15)3)32-24(10)25(11)33-26(12)30-22(8)18(4)19(5)23(9)31(30)27(13)34(33)28(32)14/h1-14H3. The molecule has 0 aliphatic carbocycles. The highest BCUT2D eigenvalue weighted by molar-refractivity contribution is 6.12. The maximum atomic E-state index is 2.37. The topological polar surface area (TPSA) is 0 Å². The Morgan fingerprint density at radius 2 is 0.382 bits per heavy atom. The average molecular weight is 451 g/mol. The first-order valence-electron chi connectivity index (χ1n) is 12.8. The van der Waals surface area contributed by atoms with Gasteiger partial charge < -0.3 is 0 Å². The molecule has 178 valence electrons. The van der Waals surface area contributed by atoms with E-state index in [0.29, 0.717) is 0 Å². The van der Waals surface area contributed by atoms with E-state index in [0.717, 1.165) is 0 Å². The third-order valence-corrected chi connectivity index (χ3v) is 9.75. The molecule has 0 aliphatic rings. The normalized spacial score (nSPS) is 11.8. The molecule has 34 heavy (non-hydrogen) atoms. The molecule has 0 bridgehead atoms. The fourth-order valence-corrected chi connectivity index (χ4v) is 6.84. The Bertz CT molecular complexity index is 1530. The summed E-state index contributed by atoms with van der Waals surface area (Å²) in [6, 6.07) is 0. The van der Waals surface area contributed by atoms with Crippen LogP contribution in [0.4, 0.5) is 0 Å². The number of hydrogen-bond acceptors (Lipinski definition) is 0. The molecule has 4 aromatic rings. The SMILES string of the molecule is Cc1c(C)c(C)c(-c2c(C)c(C)c3c(C)c4c(C)c(C)c(C)c(C)c4c(C)c3c2C)c(C)c1C. The van der Waals surface area contributed by atoms with Crippen LogP contribution < -0.4 is 0 Å². The smallest absolute Gasteiger partial charge is 0.0107 e. The lowest BCUT2D eigenvalue weighted by Gasteiger charge is -2.27. The lowest BCUT2D eigenvalue weighted by molar-refractivity contribution is 1.17.